The van der Waals surface area contributed by atoms with Gasteiger partial charge in [0, 0.05) is 23.7 Å². The Balaban J connectivity index is 1.71. The number of Topliss-reactive ketones (excluding diaryl/α,β-unsaturated/α-hetero) is 1. The number of aliphatic hydroxyl groups excluding tert-OH is 1. The average Bonchev–Trinajstić information content (AvgIpc) is 2.76. The van der Waals surface area contributed by atoms with Crippen molar-refractivity contribution in [3.63, 3.8) is 0 Å². The van der Waals surface area contributed by atoms with Crippen molar-refractivity contribution in [1.82, 2.24) is 0 Å². The summed E-state index contributed by atoms with van der Waals surface area (Å²) in [6.07, 6.45) is 4.85. The van der Waals surface area contributed by atoms with Crippen molar-refractivity contribution in [1.29, 1.82) is 0 Å². The van der Waals surface area contributed by atoms with Crippen LogP contribution in [0.3, 0.4) is 0 Å². The highest BCUT2D eigenvalue weighted by Gasteiger charge is 2.67. The van der Waals surface area contributed by atoms with Gasteiger partial charge in [0.15, 0.2) is 0 Å². The molecule has 4 rings (SSSR count). The number of carbonyl (C=O) groups excluding carboxylic acids is 1. The summed E-state index contributed by atoms with van der Waals surface area (Å²) in [6, 6.07) is 0. The van der Waals surface area contributed by atoms with Gasteiger partial charge in [-0.2, -0.15) is 0 Å². The third-order valence-electron chi connectivity index (χ3n) is 8.50. The number of fused-ring (bicyclic) bond motifs is 5. The van der Waals surface area contributed by atoms with Crippen molar-refractivity contribution in [3.05, 3.63) is 0 Å². The van der Waals surface area contributed by atoms with E-state index in [2.05, 4.69) is 6.92 Å². The second-order valence-corrected chi connectivity index (χ2v) is 9.20. The molecule has 0 aromatic heterocycles. The number of hydrogen-bond acceptors (Lipinski definition) is 3. The Morgan fingerprint density at radius 2 is 1.87 bits per heavy atom. The third kappa shape index (κ3) is 1.91. The molecule has 0 spiro atoms. The molecule has 4 aliphatic carbocycles. The molecule has 0 heterocycles. The summed E-state index contributed by atoms with van der Waals surface area (Å²) in [7, 11) is 0. The number of hydrogen-bond donors (Lipinski definition) is 2. The molecule has 4 fully saturated rings. The van der Waals surface area contributed by atoms with E-state index < -0.39 is 17.4 Å². The van der Waals surface area contributed by atoms with E-state index in [1.807, 2.05) is 6.92 Å². The highest BCUT2D eigenvalue weighted by Crippen LogP contribution is 2.67. The summed E-state index contributed by atoms with van der Waals surface area (Å²) in [5.41, 5.74) is -0.991. The summed E-state index contributed by atoms with van der Waals surface area (Å²) in [5, 5.41) is 20.6. The molecular formula is C19H29FO3. The highest BCUT2D eigenvalue weighted by molar-refractivity contribution is 5.87. The Morgan fingerprint density at radius 3 is 2.61 bits per heavy atom. The quantitative estimate of drug-likeness (QED) is 0.719. The molecule has 0 aliphatic heterocycles. The minimum Gasteiger partial charge on any atom is -0.393 e. The lowest BCUT2D eigenvalue weighted by Gasteiger charge is -2.62. The molecule has 4 heteroatoms. The van der Waals surface area contributed by atoms with Crippen LogP contribution in [0, 0.1) is 34.5 Å². The lowest BCUT2D eigenvalue weighted by molar-refractivity contribution is -0.288. The zero-order valence-corrected chi connectivity index (χ0v) is 14.2. The van der Waals surface area contributed by atoms with Gasteiger partial charge in [0.1, 0.15) is 5.78 Å². The smallest absolute Gasteiger partial charge is 0.215 e. The SMILES string of the molecule is C[C@]12[C@@H](CC[C@@H]3[C@@H]1CC[C@]1(C)C(=O)CC[C@@H]31)C[C@H](O)CC2(O)F. The summed E-state index contributed by atoms with van der Waals surface area (Å²) < 4.78 is 15.3. The van der Waals surface area contributed by atoms with E-state index in [0.717, 1.165) is 32.1 Å². The minimum atomic E-state index is -2.30. The molecule has 8 atom stereocenters. The molecule has 2 N–H and O–H groups in total. The topological polar surface area (TPSA) is 57.5 Å². The van der Waals surface area contributed by atoms with Crippen LogP contribution in [0.4, 0.5) is 4.39 Å². The Kier molecular flexibility index (Phi) is 3.33. The Hall–Kier alpha value is -0.480. The van der Waals surface area contributed by atoms with Crippen molar-refractivity contribution >= 4 is 5.78 Å². The van der Waals surface area contributed by atoms with Crippen molar-refractivity contribution in [2.24, 2.45) is 34.5 Å². The van der Waals surface area contributed by atoms with Crippen LogP contribution in [-0.4, -0.2) is 28.0 Å². The fraction of sp³-hybridized carbons (Fsp3) is 0.947. The number of alkyl halides is 1. The van der Waals surface area contributed by atoms with Crippen LogP contribution in [0.5, 0.6) is 0 Å². The van der Waals surface area contributed by atoms with E-state index in [4.69, 9.17) is 0 Å². The van der Waals surface area contributed by atoms with Crippen molar-refractivity contribution in [2.75, 3.05) is 0 Å². The van der Waals surface area contributed by atoms with Gasteiger partial charge in [-0.3, -0.25) is 4.79 Å². The molecule has 4 saturated carbocycles. The number of halogens is 1. The lowest BCUT2D eigenvalue weighted by atomic mass is 9.44. The highest BCUT2D eigenvalue weighted by atomic mass is 19.2. The minimum absolute atomic E-state index is 0.0453. The first kappa shape index (κ1) is 16.0. The van der Waals surface area contributed by atoms with E-state index in [1.165, 1.54) is 0 Å². The molecule has 0 saturated heterocycles. The van der Waals surface area contributed by atoms with Crippen molar-refractivity contribution in [2.45, 2.75) is 77.2 Å². The van der Waals surface area contributed by atoms with E-state index in [0.29, 0.717) is 30.5 Å². The normalized spacial score (nSPS) is 59.2. The monoisotopic (exact) mass is 324 g/mol. The number of aliphatic hydroxyl groups is 2. The molecule has 0 aromatic carbocycles. The zero-order chi connectivity index (χ0) is 16.6. The maximum atomic E-state index is 15.3. The van der Waals surface area contributed by atoms with Crippen LogP contribution in [0.1, 0.15) is 65.2 Å². The summed E-state index contributed by atoms with van der Waals surface area (Å²) in [6.45, 7) is 4.03. The van der Waals surface area contributed by atoms with Crippen LogP contribution < -0.4 is 0 Å². The second kappa shape index (κ2) is 4.78. The molecule has 130 valence electrons. The van der Waals surface area contributed by atoms with Gasteiger partial charge < -0.3 is 10.2 Å². The second-order valence-electron chi connectivity index (χ2n) is 9.20. The van der Waals surface area contributed by atoms with E-state index in [9.17, 15) is 15.0 Å². The Bertz CT molecular complexity index is 533. The number of ketones is 1. The van der Waals surface area contributed by atoms with Gasteiger partial charge in [-0.05, 0) is 62.2 Å². The van der Waals surface area contributed by atoms with Gasteiger partial charge in [0.2, 0.25) is 5.85 Å². The Labute approximate surface area is 137 Å². The van der Waals surface area contributed by atoms with E-state index >= 15 is 4.39 Å². The molecule has 1 unspecified atom stereocenters. The fourth-order valence-electron chi connectivity index (χ4n) is 7.11. The van der Waals surface area contributed by atoms with Crippen LogP contribution in [-0.2, 0) is 4.79 Å². The van der Waals surface area contributed by atoms with Crippen LogP contribution in [0.2, 0.25) is 0 Å². The van der Waals surface area contributed by atoms with Gasteiger partial charge in [-0.15, -0.1) is 0 Å². The molecule has 3 nitrogen and oxygen atoms in total. The molecule has 0 aromatic rings. The predicted molar refractivity (Wildman–Crippen MR) is 84.2 cm³/mol. The first-order valence-electron chi connectivity index (χ1n) is 9.33. The van der Waals surface area contributed by atoms with Gasteiger partial charge >= 0.3 is 0 Å². The van der Waals surface area contributed by atoms with E-state index in [-0.39, 0.29) is 23.7 Å². The number of rotatable bonds is 0. The summed E-state index contributed by atoms with van der Waals surface area (Å²) >= 11 is 0. The lowest BCUT2D eigenvalue weighted by Crippen LogP contribution is -2.63. The standard InChI is InChI=1S/C19H29FO3/c1-17-8-7-15-13(14(17)5-6-16(17)22)4-3-11-9-12(21)10-19(20,23)18(11,15)2/h11-15,21,23H,3-10H2,1-2H3/t11-,12-,13-,14-,15-,17-,18-,19?/m0/s1. The maximum Gasteiger partial charge on any atom is 0.215 e. The fourth-order valence-corrected chi connectivity index (χ4v) is 7.11. The van der Waals surface area contributed by atoms with Crippen molar-refractivity contribution in [3.8, 4) is 0 Å². The largest absolute Gasteiger partial charge is 0.393 e. The summed E-state index contributed by atoms with van der Waals surface area (Å²) in [4.78, 5) is 12.4. The molecule has 0 radical (unpaired) electrons. The van der Waals surface area contributed by atoms with Crippen molar-refractivity contribution < 1.29 is 19.4 Å². The number of carbonyl (C=O) groups is 1. The van der Waals surface area contributed by atoms with Gasteiger partial charge in [0.05, 0.1) is 6.10 Å². The molecule has 0 amide bonds. The maximum absolute atomic E-state index is 15.3. The zero-order valence-electron chi connectivity index (χ0n) is 14.2. The van der Waals surface area contributed by atoms with Gasteiger partial charge in [0.25, 0.3) is 0 Å². The molecule has 4 aliphatic rings. The van der Waals surface area contributed by atoms with Crippen LogP contribution in [0.25, 0.3) is 0 Å². The molecule has 0 bridgehead atoms. The molecule has 23 heavy (non-hydrogen) atoms. The van der Waals surface area contributed by atoms with Gasteiger partial charge in [-0.25, -0.2) is 4.39 Å². The molecular weight excluding hydrogens is 295 g/mol. The average molecular weight is 324 g/mol. The Morgan fingerprint density at radius 1 is 1.13 bits per heavy atom. The van der Waals surface area contributed by atoms with Crippen LogP contribution in [0.15, 0.2) is 0 Å². The first-order chi connectivity index (χ1) is 10.7. The van der Waals surface area contributed by atoms with Gasteiger partial charge in [-0.1, -0.05) is 13.8 Å². The van der Waals surface area contributed by atoms with E-state index in [1.54, 1.807) is 0 Å². The predicted octanol–water partition coefficient (Wildman–Crippen LogP) is 3.23. The van der Waals surface area contributed by atoms with Crippen LogP contribution >= 0.6 is 0 Å². The third-order valence-corrected chi connectivity index (χ3v) is 8.50. The first-order valence-corrected chi connectivity index (χ1v) is 9.33. The summed E-state index contributed by atoms with van der Waals surface area (Å²) in [5.74, 6) is -1.03.